The third-order valence-corrected chi connectivity index (χ3v) is 9.54. The van der Waals surface area contributed by atoms with E-state index >= 15 is 0 Å². The van der Waals surface area contributed by atoms with Crippen molar-refractivity contribution in [2.24, 2.45) is 0 Å². The first kappa shape index (κ1) is 28.4. The summed E-state index contributed by atoms with van der Waals surface area (Å²) >= 11 is 4.54. The zero-order chi connectivity index (χ0) is 25.2. The fourth-order valence-electron chi connectivity index (χ4n) is 3.86. The van der Waals surface area contributed by atoms with Gasteiger partial charge in [-0.2, -0.15) is 0 Å². The molecule has 2 aromatic rings. The van der Waals surface area contributed by atoms with Gasteiger partial charge in [0.15, 0.2) is 5.17 Å². The van der Waals surface area contributed by atoms with E-state index in [2.05, 4.69) is 0 Å². The van der Waals surface area contributed by atoms with E-state index < -0.39 is 18.3 Å². The van der Waals surface area contributed by atoms with Crippen molar-refractivity contribution in [3.8, 4) is 0 Å². The van der Waals surface area contributed by atoms with Gasteiger partial charge in [-0.05, 0) is 23.6 Å². The molecule has 2 N–H and O–H groups in total. The molecule has 3 rings (SSSR count). The lowest BCUT2D eigenvalue weighted by Crippen LogP contribution is -2.56. The van der Waals surface area contributed by atoms with Crippen LogP contribution < -0.4 is 0 Å². The molecule has 0 radical (unpaired) electrons. The quantitative estimate of drug-likeness (QED) is 0.238. The van der Waals surface area contributed by atoms with Crippen LogP contribution in [0.2, 0.25) is 0 Å². The molecule has 1 heterocycles. The van der Waals surface area contributed by atoms with Crippen LogP contribution in [0, 0.1) is 5.41 Å². The number of ether oxygens (including phenoxy) is 3. The first-order valence-electron chi connectivity index (χ1n) is 11.6. The number of benzene rings is 2. The van der Waals surface area contributed by atoms with Gasteiger partial charge in [0.2, 0.25) is 0 Å². The molecule has 0 aliphatic carbocycles. The Kier molecular flexibility index (Phi) is 11.8. The second-order valence-corrected chi connectivity index (χ2v) is 11.9. The predicted molar refractivity (Wildman–Crippen MR) is 149 cm³/mol. The van der Waals surface area contributed by atoms with Crippen molar-refractivity contribution in [1.82, 2.24) is 4.90 Å². The summed E-state index contributed by atoms with van der Waals surface area (Å²) < 4.78 is 19.3. The minimum atomic E-state index is -0.763. The third kappa shape index (κ3) is 8.42. The number of aliphatic hydroxyl groups excluding tert-OH is 1. The molecule has 1 saturated heterocycles. The van der Waals surface area contributed by atoms with Gasteiger partial charge in [0.05, 0.1) is 23.9 Å². The molecule has 1 aliphatic rings. The van der Waals surface area contributed by atoms with Crippen LogP contribution in [0.15, 0.2) is 60.7 Å². The van der Waals surface area contributed by atoms with Crippen LogP contribution in [0.25, 0.3) is 0 Å². The second kappa shape index (κ2) is 14.5. The summed E-state index contributed by atoms with van der Waals surface area (Å²) in [5.41, 5.74) is 1.81. The van der Waals surface area contributed by atoms with Crippen LogP contribution in [0.1, 0.15) is 17.5 Å². The summed E-state index contributed by atoms with van der Waals surface area (Å²) in [4.78, 5) is 1.75. The van der Waals surface area contributed by atoms with Gasteiger partial charge in [-0.25, -0.2) is 0 Å². The van der Waals surface area contributed by atoms with E-state index in [4.69, 9.17) is 19.6 Å². The van der Waals surface area contributed by atoms with Gasteiger partial charge < -0.3 is 24.2 Å². The smallest absolute Gasteiger partial charge is 0.158 e. The largest absolute Gasteiger partial charge is 0.388 e. The SMILES string of the molecule is CSC(SC)C(O)C1OC(SC(=N)N(C)C)CC(OCc2ccccc2)C1OCc1ccccc1. The first-order chi connectivity index (χ1) is 16.9. The van der Waals surface area contributed by atoms with Gasteiger partial charge in [0.25, 0.3) is 0 Å². The van der Waals surface area contributed by atoms with Crippen LogP contribution in [0.4, 0.5) is 0 Å². The van der Waals surface area contributed by atoms with Crippen LogP contribution in [-0.2, 0) is 27.4 Å². The summed E-state index contributed by atoms with van der Waals surface area (Å²) in [7, 11) is 3.69. The van der Waals surface area contributed by atoms with Gasteiger partial charge >= 0.3 is 0 Å². The molecular formula is C26H36N2O4S3. The first-order valence-corrected chi connectivity index (χ1v) is 15.0. The highest BCUT2D eigenvalue weighted by atomic mass is 32.2. The minimum Gasteiger partial charge on any atom is -0.388 e. The zero-order valence-electron chi connectivity index (χ0n) is 20.7. The van der Waals surface area contributed by atoms with E-state index in [0.717, 1.165) is 11.1 Å². The molecule has 0 spiro atoms. The van der Waals surface area contributed by atoms with Crippen LogP contribution in [-0.4, -0.2) is 76.2 Å². The molecule has 1 fully saturated rings. The number of amidine groups is 1. The van der Waals surface area contributed by atoms with Gasteiger partial charge in [-0.1, -0.05) is 72.4 Å². The highest BCUT2D eigenvalue weighted by Crippen LogP contribution is 2.37. The molecule has 6 nitrogen and oxygen atoms in total. The van der Waals surface area contributed by atoms with E-state index in [1.54, 1.807) is 28.4 Å². The summed E-state index contributed by atoms with van der Waals surface area (Å²) in [5, 5.41) is 20.1. The summed E-state index contributed by atoms with van der Waals surface area (Å²) in [6.07, 6.45) is 2.42. The Balaban J connectivity index is 1.86. The lowest BCUT2D eigenvalue weighted by Gasteiger charge is -2.44. The zero-order valence-corrected chi connectivity index (χ0v) is 23.2. The summed E-state index contributed by atoms with van der Waals surface area (Å²) in [5.74, 6) is 0. The van der Waals surface area contributed by atoms with E-state index in [1.165, 1.54) is 11.8 Å². The van der Waals surface area contributed by atoms with E-state index in [9.17, 15) is 5.11 Å². The number of thioether (sulfide) groups is 3. The van der Waals surface area contributed by atoms with E-state index in [0.29, 0.717) is 24.8 Å². The fraction of sp³-hybridized carbons (Fsp3) is 0.500. The average Bonchev–Trinajstić information content (AvgIpc) is 2.88. The Morgan fingerprint density at radius 3 is 2.06 bits per heavy atom. The lowest BCUT2D eigenvalue weighted by molar-refractivity contribution is -0.212. The Bertz CT molecular complexity index is 887. The van der Waals surface area contributed by atoms with Crippen molar-refractivity contribution in [3.05, 3.63) is 71.8 Å². The van der Waals surface area contributed by atoms with Gasteiger partial charge in [0.1, 0.15) is 23.7 Å². The molecule has 192 valence electrons. The van der Waals surface area contributed by atoms with Crippen molar-refractivity contribution in [3.63, 3.8) is 0 Å². The number of hydrogen-bond acceptors (Lipinski definition) is 8. The predicted octanol–water partition coefficient (Wildman–Crippen LogP) is 4.91. The number of nitrogens with zero attached hydrogens (tertiary/aromatic N) is 1. The van der Waals surface area contributed by atoms with Crippen molar-refractivity contribution in [1.29, 1.82) is 5.41 Å². The maximum atomic E-state index is 11.4. The van der Waals surface area contributed by atoms with Gasteiger partial charge in [-0.3, -0.25) is 5.41 Å². The lowest BCUT2D eigenvalue weighted by atomic mass is 9.97. The Hall–Kier alpha value is -1.20. The van der Waals surface area contributed by atoms with Crippen molar-refractivity contribution in [2.45, 2.75) is 54.1 Å². The van der Waals surface area contributed by atoms with Crippen LogP contribution in [0.5, 0.6) is 0 Å². The normalized spacial score (nSPS) is 23.3. The number of nitrogens with one attached hydrogen (secondary N) is 1. The van der Waals surface area contributed by atoms with E-state index in [1.807, 2.05) is 87.3 Å². The molecule has 0 bridgehead atoms. The number of rotatable bonds is 11. The van der Waals surface area contributed by atoms with Crippen molar-refractivity contribution < 1.29 is 19.3 Å². The van der Waals surface area contributed by atoms with Gasteiger partial charge in [-0.15, -0.1) is 23.5 Å². The second-order valence-electron chi connectivity index (χ2n) is 8.51. The molecule has 0 aromatic heterocycles. The van der Waals surface area contributed by atoms with Crippen LogP contribution in [0.3, 0.4) is 0 Å². The Morgan fingerprint density at radius 1 is 1.00 bits per heavy atom. The van der Waals surface area contributed by atoms with Gasteiger partial charge in [0, 0.05) is 20.5 Å². The number of aliphatic hydroxyl groups is 1. The van der Waals surface area contributed by atoms with E-state index in [-0.39, 0.29) is 16.1 Å². The fourth-order valence-corrected chi connectivity index (χ4v) is 6.43. The maximum absolute atomic E-state index is 11.4. The third-order valence-electron chi connectivity index (χ3n) is 5.75. The maximum Gasteiger partial charge on any atom is 0.158 e. The van der Waals surface area contributed by atoms with Crippen LogP contribution >= 0.6 is 35.3 Å². The molecule has 5 atom stereocenters. The molecular weight excluding hydrogens is 500 g/mol. The molecule has 0 amide bonds. The molecule has 1 aliphatic heterocycles. The Labute approximate surface area is 222 Å². The van der Waals surface area contributed by atoms with Crippen molar-refractivity contribution >= 4 is 40.5 Å². The molecule has 35 heavy (non-hydrogen) atoms. The van der Waals surface area contributed by atoms with Crippen molar-refractivity contribution in [2.75, 3.05) is 26.6 Å². The summed E-state index contributed by atoms with van der Waals surface area (Å²) in [6, 6.07) is 20.1. The minimum absolute atomic E-state index is 0.0744. The molecule has 2 aromatic carbocycles. The molecule has 9 heteroatoms. The highest BCUT2D eigenvalue weighted by Gasteiger charge is 2.46. The highest BCUT2D eigenvalue weighted by molar-refractivity contribution is 8.16. The topological polar surface area (TPSA) is 75.0 Å². The average molecular weight is 537 g/mol. The Morgan fingerprint density at radius 2 is 1.54 bits per heavy atom. The number of hydrogen-bond donors (Lipinski definition) is 2. The molecule has 0 saturated carbocycles. The monoisotopic (exact) mass is 536 g/mol. The molecule has 5 unspecified atom stereocenters. The summed E-state index contributed by atoms with van der Waals surface area (Å²) in [6.45, 7) is 0.842. The standard InChI is InChI=1S/C26H36N2O4S3/c1-28(2)26(27)35-21-15-20(30-16-18-11-7-5-8-12-18)23(31-17-19-13-9-6-10-14-19)24(32-21)22(29)25(33-3)34-4/h5-14,20-25,27,29H,15-17H2,1-4H3.